The van der Waals surface area contributed by atoms with E-state index in [1.54, 1.807) is 18.4 Å². The second-order valence-corrected chi connectivity index (χ2v) is 8.32. The molecule has 1 aliphatic rings. The molecule has 1 N–H and O–H groups in total. The molecular formula is C21H23N3O2S. The highest BCUT2D eigenvalue weighted by molar-refractivity contribution is 7.15. The minimum atomic E-state index is 0.0167. The van der Waals surface area contributed by atoms with Crippen LogP contribution in [0.1, 0.15) is 27.3 Å². The van der Waals surface area contributed by atoms with Crippen LogP contribution in [-0.2, 0) is 6.42 Å². The van der Waals surface area contributed by atoms with Crippen molar-refractivity contribution in [2.45, 2.75) is 19.8 Å². The zero-order chi connectivity index (χ0) is 18.8. The normalized spacial score (nSPS) is 16.7. The Hall–Kier alpha value is -2.60. The Labute approximate surface area is 163 Å². The van der Waals surface area contributed by atoms with E-state index in [9.17, 15) is 4.79 Å². The van der Waals surface area contributed by atoms with Crippen molar-refractivity contribution < 1.29 is 9.53 Å². The fraction of sp³-hybridized carbons (Fsp3) is 0.333. The summed E-state index contributed by atoms with van der Waals surface area (Å²) in [5, 5.41) is 7.25. The summed E-state index contributed by atoms with van der Waals surface area (Å²) in [6, 6.07) is 14.2. The van der Waals surface area contributed by atoms with Crippen LogP contribution in [0.25, 0.3) is 10.6 Å². The fourth-order valence-electron chi connectivity index (χ4n) is 3.58. The molecule has 5 nitrogen and oxygen atoms in total. The molecule has 1 saturated heterocycles. The van der Waals surface area contributed by atoms with Gasteiger partial charge in [-0.1, -0.05) is 12.1 Å². The maximum Gasteiger partial charge on any atom is 0.274 e. The number of ether oxygens (including phenoxy) is 1. The van der Waals surface area contributed by atoms with Gasteiger partial charge in [0, 0.05) is 18.0 Å². The van der Waals surface area contributed by atoms with E-state index in [-0.39, 0.29) is 5.91 Å². The van der Waals surface area contributed by atoms with E-state index in [1.807, 2.05) is 23.1 Å². The lowest BCUT2D eigenvalue weighted by atomic mass is 9.99. The summed E-state index contributed by atoms with van der Waals surface area (Å²) in [6.07, 6.45) is 2.01. The molecule has 1 aromatic carbocycles. The Kier molecular flexibility index (Phi) is 4.99. The number of rotatable bonds is 5. The third-order valence-electron chi connectivity index (χ3n) is 5.06. The number of aromatic amines is 1. The van der Waals surface area contributed by atoms with Crippen LogP contribution in [0.4, 0.5) is 0 Å². The van der Waals surface area contributed by atoms with Crippen molar-refractivity contribution >= 4 is 17.2 Å². The number of amides is 1. The standard InChI is InChI=1S/C21H23N3O2S/c1-14-3-8-20(27-14)18-12-19(23-22-18)21(25)24-10-9-16(13-24)11-15-4-6-17(26-2)7-5-15/h3-8,12,16H,9-11,13H2,1-2H3,(H,22,23). The summed E-state index contributed by atoms with van der Waals surface area (Å²) in [5.41, 5.74) is 2.69. The molecule has 2 aromatic heterocycles. The van der Waals surface area contributed by atoms with Crippen LogP contribution in [0.15, 0.2) is 42.5 Å². The molecule has 0 spiro atoms. The van der Waals surface area contributed by atoms with Crippen molar-refractivity contribution in [3.8, 4) is 16.3 Å². The van der Waals surface area contributed by atoms with Crippen molar-refractivity contribution in [1.82, 2.24) is 15.1 Å². The maximum atomic E-state index is 12.8. The summed E-state index contributed by atoms with van der Waals surface area (Å²) >= 11 is 1.70. The van der Waals surface area contributed by atoms with E-state index >= 15 is 0 Å². The summed E-state index contributed by atoms with van der Waals surface area (Å²) in [6.45, 7) is 3.65. The van der Waals surface area contributed by atoms with Gasteiger partial charge in [0.2, 0.25) is 0 Å². The summed E-state index contributed by atoms with van der Waals surface area (Å²) in [4.78, 5) is 17.1. The second kappa shape index (κ2) is 7.56. The molecule has 3 aromatic rings. The van der Waals surface area contributed by atoms with Gasteiger partial charge in [0.25, 0.3) is 5.91 Å². The number of H-pyrrole nitrogens is 1. The number of nitrogens with zero attached hydrogens (tertiary/aromatic N) is 2. The van der Waals surface area contributed by atoms with Crippen molar-refractivity contribution in [3.05, 3.63) is 58.6 Å². The summed E-state index contributed by atoms with van der Waals surface area (Å²) in [7, 11) is 1.68. The maximum absolute atomic E-state index is 12.8. The van der Waals surface area contributed by atoms with Gasteiger partial charge < -0.3 is 9.64 Å². The smallest absolute Gasteiger partial charge is 0.274 e. The zero-order valence-electron chi connectivity index (χ0n) is 15.6. The Balaban J connectivity index is 1.38. The number of aryl methyl sites for hydroxylation is 1. The van der Waals surface area contributed by atoms with Gasteiger partial charge in [0.15, 0.2) is 5.69 Å². The van der Waals surface area contributed by atoms with Gasteiger partial charge in [-0.25, -0.2) is 0 Å². The lowest BCUT2D eigenvalue weighted by Crippen LogP contribution is -2.29. The lowest BCUT2D eigenvalue weighted by Gasteiger charge is -2.15. The van der Waals surface area contributed by atoms with Gasteiger partial charge >= 0.3 is 0 Å². The first-order valence-electron chi connectivity index (χ1n) is 9.17. The predicted octanol–water partition coefficient (Wildman–Crippen LogP) is 4.16. The van der Waals surface area contributed by atoms with E-state index < -0.39 is 0 Å². The first kappa shape index (κ1) is 17.8. The molecule has 27 heavy (non-hydrogen) atoms. The molecule has 140 valence electrons. The predicted molar refractivity (Wildman–Crippen MR) is 107 cm³/mol. The van der Waals surface area contributed by atoms with Crippen LogP contribution < -0.4 is 4.74 Å². The molecule has 1 amide bonds. The second-order valence-electron chi connectivity index (χ2n) is 7.04. The van der Waals surface area contributed by atoms with E-state index in [0.717, 1.165) is 42.3 Å². The highest BCUT2D eigenvalue weighted by Gasteiger charge is 2.28. The van der Waals surface area contributed by atoms with Crippen LogP contribution in [-0.4, -0.2) is 41.2 Å². The summed E-state index contributed by atoms with van der Waals surface area (Å²) in [5.74, 6) is 1.38. The van der Waals surface area contributed by atoms with Crippen LogP contribution in [0.5, 0.6) is 5.75 Å². The first-order valence-corrected chi connectivity index (χ1v) is 9.98. The molecule has 0 radical (unpaired) electrons. The zero-order valence-corrected chi connectivity index (χ0v) is 16.4. The average Bonchev–Trinajstić information content (AvgIpc) is 3.42. The molecule has 6 heteroatoms. The number of methoxy groups -OCH3 is 1. The number of carbonyl (C=O) groups is 1. The number of aromatic nitrogens is 2. The fourth-order valence-corrected chi connectivity index (χ4v) is 4.41. The molecule has 4 rings (SSSR count). The minimum absolute atomic E-state index is 0.0167. The van der Waals surface area contributed by atoms with Gasteiger partial charge in [-0.05, 0) is 61.6 Å². The summed E-state index contributed by atoms with van der Waals surface area (Å²) < 4.78 is 5.21. The number of carbonyl (C=O) groups excluding carboxylic acids is 1. The van der Waals surface area contributed by atoms with Crippen molar-refractivity contribution in [3.63, 3.8) is 0 Å². The van der Waals surface area contributed by atoms with Gasteiger partial charge in [0.05, 0.1) is 17.7 Å². The molecule has 3 heterocycles. The highest BCUT2D eigenvalue weighted by Crippen LogP contribution is 2.28. The largest absolute Gasteiger partial charge is 0.497 e. The molecule has 0 aliphatic carbocycles. The molecule has 1 aliphatic heterocycles. The van der Waals surface area contributed by atoms with Gasteiger partial charge in [-0.3, -0.25) is 9.89 Å². The van der Waals surface area contributed by atoms with Crippen LogP contribution in [0.2, 0.25) is 0 Å². The van der Waals surface area contributed by atoms with Crippen molar-refractivity contribution in [2.24, 2.45) is 5.92 Å². The Morgan fingerprint density at radius 2 is 2.11 bits per heavy atom. The molecule has 1 atom stereocenters. The minimum Gasteiger partial charge on any atom is -0.497 e. The topological polar surface area (TPSA) is 58.2 Å². The van der Waals surface area contributed by atoms with E-state index in [1.165, 1.54) is 10.4 Å². The molecule has 1 fully saturated rings. The third-order valence-corrected chi connectivity index (χ3v) is 6.09. The van der Waals surface area contributed by atoms with Crippen LogP contribution >= 0.6 is 11.3 Å². The molecule has 0 bridgehead atoms. The van der Waals surface area contributed by atoms with Crippen LogP contribution in [0.3, 0.4) is 0 Å². The third kappa shape index (κ3) is 3.90. The number of benzene rings is 1. The first-order chi connectivity index (χ1) is 13.1. The number of hydrogen-bond acceptors (Lipinski definition) is 4. The lowest BCUT2D eigenvalue weighted by molar-refractivity contribution is 0.0781. The van der Waals surface area contributed by atoms with E-state index in [0.29, 0.717) is 11.6 Å². The Morgan fingerprint density at radius 3 is 2.81 bits per heavy atom. The molecular weight excluding hydrogens is 358 g/mol. The average molecular weight is 382 g/mol. The monoisotopic (exact) mass is 381 g/mol. The van der Waals surface area contributed by atoms with Crippen molar-refractivity contribution in [1.29, 1.82) is 0 Å². The number of nitrogens with one attached hydrogen (secondary N) is 1. The van der Waals surface area contributed by atoms with Crippen molar-refractivity contribution in [2.75, 3.05) is 20.2 Å². The van der Waals surface area contributed by atoms with Gasteiger partial charge in [-0.2, -0.15) is 5.10 Å². The van der Waals surface area contributed by atoms with Gasteiger partial charge in [0.1, 0.15) is 5.75 Å². The Bertz CT molecular complexity index is 929. The SMILES string of the molecule is COc1ccc(CC2CCN(C(=O)c3cc(-c4ccc(C)s4)[nH]n3)C2)cc1. The van der Waals surface area contributed by atoms with Crippen LogP contribution in [0, 0.1) is 12.8 Å². The number of thiophene rings is 1. The highest BCUT2D eigenvalue weighted by atomic mass is 32.1. The molecule has 1 unspecified atom stereocenters. The van der Waals surface area contributed by atoms with E-state index in [4.69, 9.17) is 4.74 Å². The number of likely N-dealkylation sites (tertiary alicyclic amines) is 1. The van der Waals surface area contributed by atoms with Gasteiger partial charge in [-0.15, -0.1) is 11.3 Å². The quantitative estimate of drug-likeness (QED) is 0.722. The Morgan fingerprint density at radius 1 is 1.30 bits per heavy atom. The molecule has 0 saturated carbocycles. The number of hydrogen-bond donors (Lipinski definition) is 1. The van der Waals surface area contributed by atoms with E-state index in [2.05, 4.69) is 41.4 Å².